The molecular weight excluding hydrogens is 452 g/mol. The molecule has 2 atom stereocenters. The number of phenolic OH excluding ortho intramolecular Hbond substituents is 1. The van der Waals surface area contributed by atoms with Gasteiger partial charge in [0, 0.05) is 18.2 Å². The second-order valence-electron chi connectivity index (χ2n) is 10.3. The molecule has 1 saturated carbocycles. The summed E-state index contributed by atoms with van der Waals surface area (Å²) in [6.45, 7) is 5.99. The van der Waals surface area contributed by atoms with Gasteiger partial charge in [-0.15, -0.1) is 0 Å². The van der Waals surface area contributed by atoms with Gasteiger partial charge in [-0.05, 0) is 70.1 Å². The molecule has 184 valence electrons. The standard InChI is InChI=1S/C26H34N2O5S/c1-26(2,3)33-25(30)28-15-7-11-22(27-34(31,32)20-13-14-20)23(28)17-18-8-6-9-19(16-18)21-10-4-5-12-24(21)29/h4-6,8-10,12,16,20,22-23,27,29H,7,11,13-15,17H2,1-3H3. The van der Waals surface area contributed by atoms with Gasteiger partial charge in [0.15, 0.2) is 0 Å². The minimum absolute atomic E-state index is 0.197. The highest BCUT2D eigenvalue weighted by molar-refractivity contribution is 7.90. The van der Waals surface area contributed by atoms with E-state index in [0.717, 1.165) is 16.7 Å². The number of amides is 1. The average Bonchev–Trinajstić information content (AvgIpc) is 3.60. The second-order valence-corrected chi connectivity index (χ2v) is 12.3. The Morgan fingerprint density at radius 2 is 1.85 bits per heavy atom. The van der Waals surface area contributed by atoms with E-state index in [-0.39, 0.29) is 23.1 Å². The number of rotatable bonds is 6. The molecule has 1 heterocycles. The molecule has 34 heavy (non-hydrogen) atoms. The Morgan fingerprint density at radius 1 is 1.12 bits per heavy atom. The Bertz CT molecular complexity index is 1140. The van der Waals surface area contributed by atoms with Gasteiger partial charge in [-0.2, -0.15) is 0 Å². The Kier molecular flexibility index (Phi) is 6.92. The number of nitrogens with zero attached hydrogens (tertiary/aromatic N) is 1. The zero-order chi connectivity index (χ0) is 24.5. The molecule has 1 aliphatic carbocycles. The summed E-state index contributed by atoms with van der Waals surface area (Å²) in [5, 5.41) is 9.96. The lowest BCUT2D eigenvalue weighted by Gasteiger charge is -2.42. The van der Waals surface area contributed by atoms with Gasteiger partial charge in [0.2, 0.25) is 10.0 Å². The van der Waals surface area contributed by atoms with Crippen molar-refractivity contribution >= 4 is 16.1 Å². The second kappa shape index (κ2) is 9.58. The predicted octanol–water partition coefficient (Wildman–Crippen LogP) is 4.45. The van der Waals surface area contributed by atoms with Gasteiger partial charge >= 0.3 is 6.09 Å². The zero-order valence-corrected chi connectivity index (χ0v) is 20.8. The molecule has 0 spiro atoms. The summed E-state index contributed by atoms with van der Waals surface area (Å²) in [4.78, 5) is 14.8. The highest BCUT2D eigenvalue weighted by Crippen LogP contribution is 2.32. The molecule has 4 rings (SSSR count). The fourth-order valence-corrected chi connectivity index (χ4v) is 6.15. The number of sulfonamides is 1. The molecule has 0 bridgehead atoms. The molecule has 1 amide bonds. The maximum absolute atomic E-state index is 13.1. The number of carbonyl (C=O) groups excluding carboxylic acids is 1. The van der Waals surface area contributed by atoms with Crippen molar-refractivity contribution in [2.45, 2.75) is 75.8 Å². The molecule has 0 aromatic heterocycles. The number of carbonyl (C=O) groups is 1. The van der Waals surface area contributed by atoms with E-state index in [0.29, 0.717) is 38.6 Å². The minimum atomic E-state index is -3.41. The van der Waals surface area contributed by atoms with Crippen LogP contribution in [0.4, 0.5) is 4.79 Å². The summed E-state index contributed by atoms with van der Waals surface area (Å²) in [7, 11) is -3.41. The molecule has 2 unspecified atom stereocenters. The molecule has 0 radical (unpaired) electrons. The first-order chi connectivity index (χ1) is 16.0. The largest absolute Gasteiger partial charge is 0.507 e. The number of piperidine rings is 1. The van der Waals surface area contributed by atoms with Crippen LogP contribution >= 0.6 is 0 Å². The van der Waals surface area contributed by atoms with Crippen molar-refractivity contribution in [2.24, 2.45) is 0 Å². The van der Waals surface area contributed by atoms with Crippen molar-refractivity contribution in [1.29, 1.82) is 0 Å². The number of hydrogen-bond acceptors (Lipinski definition) is 5. The third-order valence-corrected chi connectivity index (χ3v) is 8.25. The Morgan fingerprint density at radius 3 is 2.53 bits per heavy atom. The Balaban J connectivity index is 1.63. The number of benzene rings is 2. The molecule has 1 aliphatic heterocycles. The van der Waals surface area contributed by atoms with E-state index in [1.807, 2.05) is 57.2 Å². The molecule has 2 aromatic rings. The van der Waals surface area contributed by atoms with E-state index in [1.54, 1.807) is 17.0 Å². The van der Waals surface area contributed by atoms with Gasteiger partial charge in [0.25, 0.3) is 0 Å². The van der Waals surface area contributed by atoms with Crippen molar-refractivity contribution in [2.75, 3.05) is 6.54 Å². The number of nitrogens with one attached hydrogen (secondary N) is 1. The van der Waals surface area contributed by atoms with E-state index in [1.165, 1.54) is 0 Å². The van der Waals surface area contributed by atoms with E-state index >= 15 is 0 Å². The molecule has 2 N–H and O–H groups in total. The fourth-order valence-electron chi connectivity index (χ4n) is 4.50. The van der Waals surface area contributed by atoms with Crippen molar-refractivity contribution in [3.05, 3.63) is 54.1 Å². The van der Waals surface area contributed by atoms with Crippen LogP contribution in [0.2, 0.25) is 0 Å². The lowest BCUT2D eigenvalue weighted by molar-refractivity contribution is 0.00591. The number of phenols is 1. The normalized spacial score (nSPS) is 21.3. The maximum atomic E-state index is 13.1. The van der Waals surface area contributed by atoms with Crippen LogP contribution in [-0.4, -0.2) is 54.0 Å². The van der Waals surface area contributed by atoms with Crippen LogP contribution in [0.25, 0.3) is 11.1 Å². The molecule has 8 heteroatoms. The molecule has 7 nitrogen and oxygen atoms in total. The lowest BCUT2D eigenvalue weighted by Crippen LogP contribution is -2.58. The van der Waals surface area contributed by atoms with Crippen LogP contribution in [0.15, 0.2) is 48.5 Å². The Hall–Kier alpha value is -2.58. The maximum Gasteiger partial charge on any atom is 0.410 e. The van der Waals surface area contributed by atoms with Crippen LogP contribution in [-0.2, 0) is 21.2 Å². The molecule has 2 aliphatic rings. The van der Waals surface area contributed by atoms with Crippen LogP contribution in [0.1, 0.15) is 52.0 Å². The first-order valence-electron chi connectivity index (χ1n) is 11.9. The third kappa shape index (κ3) is 5.91. The van der Waals surface area contributed by atoms with Gasteiger partial charge in [-0.3, -0.25) is 0 Å². The molecule has 1 saturated heterocycles. The van der Waals surface area contributed by atoms with Gasteiger partial charge in [-0.1, -0.05) is 42.5 Å². The van der Waals surface area contributed by atoms with Crippen LogP contribution in [0.5, 0.6) is 5.75 Å². The first kappa shape index (κ1) is 24.5. The number of aromatic hydroxyl groups is 1. The number of hydrogen-bond donors (Lipinski definition) is 2. The highest BCUT2D eigenvalue weighted by Gasteiger charge is 2.42. The minimum Gasteiger partial charge on any atom is -0.507 e. The van der Waals surface area contributed by atoms with Gasteiger partial charge in [0.05, 0.1) is 11.3 Å². The number of likely N-dealkylation sites (tertiary alicyclic amines) is 1. The van der Waals surface area contributed by atoms with Crippen molar-refractivity contribution in [3.63, 3.8) is 0 Å². The summed E-state index contributed by atoms with van der Waals surface area (Å²) in [6, 6.07) is 14.2. The van der Waals surface area contributed by atoms with Crippen LogP contribution in [0, 0.1) is 0 Å². The summed E-state index contributed by atoms with van der Waals surface area (Å²) in [5.41, 5.74) is 1.90. The number of para-hydroxylation sites is 1. The topological polar surface area (TPSA) is 95.9 Å². The van der Waals surface area contributed by atoms with E-state index in [4.69, 9.17) is 4.74 Å². The lowest BCUT2D eigenvalue weighted by atomic mass is 9.90. The molecular formula is C26H34N2O5S. The van der Waals surface area contributed by atoms with Gasteiger partial charge in [-0.25, -0.2) is 17.9 Å². The van der Waals surface area contributed by atoms with Gasteiger partial charge in [0.1, 0.15) is 11.4 Å². The summed E-state index contributed by atoms with van der Waals surface area (Å²) in [6.07, 6.45) is 2.78. The highest BCUT2D eigenvalue weighted by atomic mass is 32.2. The predicted molar refractivity (Wildman–Crippen MR) is 132 cm³/mol. The summed E-state index contributed by atoms with van der Waals surface area (Å²) < 4.78 is 34.1. The van der Waals surface area contributed by atoms with Crippen LogP contribution < -0.4 is 4.72 Å². The first-order valence-corrected chi connectivity index (χ1v) is 13.5. The summed E-state index contributed by atoms with van der Waals surface area (Å²) >= 11 is 0. The molecule has 2 fully saturated rings. The number of ether oxygens (including phenoxy) is 1. The fraction of sp³-hybridized carbons (Fsp3) is 0.500. The average molecular weight is 487 g/mol. The monoisotopic (exact) mass is 486 g/mol. The van der Waals surface area contributed by atoms with Crippen molar-refractivity contribution < 1.29 is 23.1 Å². The summed E-state index contributed by atoms with van der Waals surface area (Å²) in [5.74, 6) is 0.197. The third-order valence-electron chi connectivity index (χ3n) is 6.27. The smallest absolute Gasteiger partial charge is 0.410 e. The Labute approximate surface area is 202 Å². The van der Waals surface area contributed by atoms with Crippen LogP contribution in [0.3, 0.4) is 0 Å². The van der Waals surface area contributed by atoms with E-state index in [9.17, 15) is 18.3 Å². The zero-order valence-electron chi connectivity index (χ0n) is 20.0. The quantitative estimate of drug-likeness (QED) is 0.629. The SMILES string of the molecule is CC(C)(C)OC(=O)N1CCCC(NS(=O)(=O)C2CC2)C1Cc1cccc(-c2ccccc2O)c1. The molecule has 2 aromatic carbocycles. The van der Waals surface area contributed by atoms with E-state index < -0.39 is 21.7 Å². The van der Waals surface area contributed by atoms with Crippen molar-refractivity contribution in [3.8, 4) is 16.9 Å². The van der Waals surface area contributed by atoms with Crippen molar-refractivity contribution in [1.82, 2.24) is 9.62 Å². The van der Waals surface area contributed by atoms with Gasteiger partial charge < -0.3 is 14.7 Å². The van der Waals surface area contributed by atoms with E-state index in [2.05, 4.69) is 4.72 Å².